The van der Waals surface area contributed by atoms with Gasteiger partial charge in [-0.2, -0.15) is 9.48 Å². The molecule has 4 rings (SSSR count). The Morgan fingerprint density at radius 1 is 1.22 bits per heavy atom. The molecule has 1 amide bonds. The molecule has 0 aromatic carbocycles. The predicted octanol–water partition coefficient (Wildman–Crippen LogP) is 0.903. The molecule has 0 fully saturated rings. The number of amides is 1. The first-order valence-electron chi connectivity index (χ1n) is 9.47. The summed E-state index contributed by atoms with van der Waals surface area (Å²) in [5.41, 5.74) is 0.464. The van der Waals surface area contributed by atoms with Crippen molar-refractivity contribution in [2.75, 3.05) is 6.54 Å². The van der Waals surface area contributed by atoms with E-state index in [1.165, 1.54) is 11.0 Å². The van der Waals surface area contributed by atoms with Crippen molar-refractivity contribution < 1.29 is 13.6 Å². The van der Waals surface area contributed by atoms with Crippen LogP contribution in [0.5, 0.6) is 0 Å². The molecule has 0 saturated heterocycles. The Hall–Kier alpha value is -4.16. The summed E-state index contributed by atoms with van der Waals surface area (Å²) < 4.78 is 28.0. The van der Waals surface area contributed by atoms with Crippen molar-refractivity contribution in [1.29, 1.82) is 0 Å². The Bertz CT molecular complexity index is 1290. The molecule has 13 heteroatoms. The van der Waals surface area contributed by atoms with Gasteiger partial charge in [0.05, 0.1) is 30.6 Å². The van der Waals surface area contributed by atoms with Crippen molar-refractivity contribution in [2.45, 2.75) is 19.3 Å². The van der Waals surface area contributed by atoms with Crippen LogP contribution in [0.2, 0.25) is 0 Å². The lowest BCUT2D eigenvalue weighted by Crippen LogP contribution is -2.41. The summed E-state index contributed by atoms with van der Waals surface area (Å²) in [5, 5.41) is 22.5. The molecule has 1 N–H and O–H groups in total. The van der Waals surface area contributed by atoms with Crippen molar-refractivity contribution in [3.05, 3.63) is 71.2 Å². The Morgan fingerprint density at radius 3 is 2.72 bits per heavy atom. The van der Waals surface area contributed by atoms with E-state index in [-0.39, 0.29) is 18.1 Å². The fourth-order valence-electron chi connectivity index (χ4n) is 3.03. The lowest BCUT2D eigenvalue weighted by Gasteiger charge is -2.26. The predicted molar refractivity (Wildman–Crippen MR) is 106 cm³/mol. The molecular weight excluding hydrogens is 422 g/mol. The number of hydrogen-bond acceptors (Lipinski definition) is 8. The van der Waals surface area contributed by atoms with Crippen molar-refractivity contribution in [3.63, 3.8) is 0 Å². The molecule has 0 spiro atoms. The molecule has 4 heterocycles. The van der Waals surface area contributed by atoms with E-state index >= 15 is 0 Å². The number of carbonyl (C=O) groups excluding carboxylic acids is 1. The Kier molecular flexibility index (Phi) is 5.38. The smallest absolute Gasteiger partial charge is 0.273 e. The number of carbonyl (C=O) groups is 1. The summed E-state index contributed by atoms with van der Waals surface area (Å²) in [6.45, 7) is 3.76. The zero-order chi connectivity index (χ0) is 22.9. The maximum Gasteiger partial charge on any atom is 0.273 e. The second-order valence-corrected chi connectivity index (χ2v) is 7.29. The average molecular weight is 440 g/mol. The molecule has 164 valence electrons. The summed E-state index contributed by atoms with van der Waals surface area (Å²) in [7, 11) is 1.64. The lowest BCUT2D eigenvalue weighted by atomic mass is 9.85. The molecule has 0 bridgehead atoms. The van der Waals surface area contributed by atoms with E-state index in [9.17, 15) is 13.6 Å². The van der Waals surface area contributed by atoms with Gasteiger partial charge in [0.25, 0.3) is 5.91 Å². The van der Waals surface area contributed by atoms with Crippen LogP contribution in [-0.2, 0) is 12.5 Å². The molecule has 11 nitrogen and oxygen atoms in total. The second-order valence-electron chi connectivity index (χ2n) is 7.29. The molecule has 0 aliphatic heterocycles. The van der Waals surface area contributed by atoms with Crippen LogP contribution in [0, 0.1) is 18.6 Å². The minimum Gasteiger partial charge on any atom is -0.349 e. The van der Waals surface area contributed by atoms with E-state index < -0.39 is 23.0 Å². The van der Waals surface area contributed by atoms with Crippen molar-refractivity contribution in [3.8, 4) is 5.82 Å². The van der Waals surface area contributed by atoms with E-state index in [1.54, 1.807) is 7.05 Å². The van der Waals surface area contributed by atoms with Crippen LogP contribution < -0.4 is 5.32 Å². The summed E-state index contributed by atoms with van der Waals surface area (Å²) in [5.74, 6) is -2.24. The number of rotatable bonds is 6. The van der Waals surface area contributed by atoms with Gasteiger partial charge in [-0.15, -0.1) is 15.3 Å². The molecule has 0 saturated carbocycles. The highest BCUT2D eigenvalue weighted by atomic mass is 19.1. The SMILES string of the molecule is Cc1cccc(C(C)(CNC(=O)c2cn(-c3ncc(F)cc3F)nn2)c2nnn(C)n2)n1. The molecule has 0 aliphatic rings. The third kappa shape index (κ3) is 4.04. The van der Waals surface area contributed by atoms with Gasteiger partial charge in [0.2, 0.25) is 0 Å². The molecule has 4 aromatic rings. The molecule has 1 unspecified atom stereocenters. The summed E-state index contributed by atoms with van der Waals surface area (Å²) in [6.07, 6.45) is 2.04. The van der Waals surface area contributed by atoms with Crippen molar-refractivity contribution >= 4 is 5.91 Å². The molecule has 4 aromatic heterocycles. The van der Waals surface area contributed by atoms with Gasteiger partial charge in [0, 0.05) is 18.3 Å². The van der Waals surface area contributed by atoms with Crippen molar-refractivity contribution in [2.24, 2.45) is 7.05 Å². The minimum absolute atomic E-state index is 0.0734. The normalized spacial score (nSPS) is 13.0. The number of aryl methyl sites for hydroxylation is 2. The Morgan fingerprint density at radius 2 is 2.03 bits per heavy atom. The van der Waals surface area contributed by atoms with Gasteiger partial charge >= 0.3 is 0 Å². The molecule has 1 atom stereocenters. The van der Waals surface area contributed by atoms with Crippen LogP contribution in [0.25, 0.3) is 5.82 Å². The van der Waals surface area contributed by atoms with E-state index in [0.29, 0.717) is 17.6 Å². The number of tetrazole rings is 1. The maximum absolute atomic E-state index is 13.9. The van der Waals surface area contributed by atoms with Gasteiger partial charge in [-0.25, -0.2) is 13.8 Å². The standard InChI is InChI=1S/C19H18F2N10O/c1-11-5-4-6-15(24-11)19(2,18-26-28-30(3)27-18)10-23-17(32)14-9-31(29-25-14)16-13(21)7-12(20)8-22-16/h4-9H,10H2,1-3H3,(H,23,32). The Labute approximate surface area is 180 Å². The van der Waals surface area contributed by atoms with Crippen LogP contribution in [0.15, 0.2) is 36.7 Å². The van der Waals surface area contributed by atoms with Crippen molar-refractivity contribution in [1.82, 2.24) is 50.5 Å². The van der Waals surface area contributed by atoms with Gasteiger partial charge in [-0.05, 0) is 31.2 Å². The fraction of sp³-hybridized carbons (Fsp3) is 0.263. The van der Waals surface area contributed by atoms with Crippen LogP contribution >= 0.6 is 0 Å². The summed E-state index contributed by atoms with van der Waals surface area (Å²) in [6, 6.07) is 6.18. The number of nitrogens with one attached hydrogen (secondary N) is 1. The third-order valence-corrected chi connectivity index (χ3v) is 4.79. The molecule has 0 aliphatic carbocycles. The maximum atomic E-state index is 13.9. The highest BCUT2D eigenvalue weighted by Gasteiger charge is 2.36. The number of pyridine rings is 2. The summed E-state index contributed by atoms with van der Waals surface area (Å²) in [4.78, 5) is 22.2. The van der Waals surface area contributed by atoms with Gasteiger partial charge in [-0.1, -0.05) is 11.3 Å². The number of hydrogen-bond donors (Lipinski definition) is 1. The molecule has 0 radical (unpaired) electrons. The van der Waals surface area contributed by atoms with Gasteiger partial charge < -0.3 is 5.32 Å². The van der Waals surface area contributed by atoms with E-state index in [4.69, 9.17) is 0 Å². The number of halogens is 2. The topological polar surface area (TPSA) is 129 Å². The van der Waals surface area contributed by atoms with E-state index in [0.717, 1.165) is 16.6 Å². The van der Waals surface area contributed by atoms with E-state index in [2.05, 4.69) is 41.0 Å². The quantitative estimate of drug-likeness (QED) is 0.468. The van der Waals surface area contributed by atoms with Crippen LogP contribution in [-0.4, -0.2) is 57.6 Å². The average Bonchev–Trinajstić information content (AvgIpc) is 3.41. The number of nitrogens with zero attached hydrogens (tertiary/aromatic N) is 9. The monoisotopic (exact) mass is 440 g/mol. The molecular formula is C19H18F2N10O. The second kappa shape index (κ2) is 8.17. The number of aromatic nitrogens is 9. The largest absolute Gasteiger partial charge is 0.349 e. The first-order chi connectivity index (χ1) is 15.3. The fourth-order valence-corrected chi connectivity index (χ4v) is 3.03. The van der Waals surface area contributed by atoms with E-state index in [1.807, 2.05) is 32.0 Å². The van der Waals surface area contributed by atoms with Crippen LogP contribution in [0.4, 0.5) is 8.78 Å². The van der Waals surface area contributed by atoms with Crippen LogP contribution in [0.3, 0.4) is 0 Å². The zero-order valence-corrected chi connectivity index (χ0v) is 17.4. The van der Waals surface area contributed by atoms with Crippen LogP contribution in [0.1, 0.15) is 34.6 Å². The molecule has 32 heavy (non-hydrogen) atoms. The van der Waals surface area contributed by atoms with Gasteiger partial charge in [-0.3, -0.25) is 9.78 Å². The summed E-state index contributed by atoms with van der Waals surface area (Å²) >= 11 is 0. The minimum atomic E-state index is -0.936. The van der Waals surface area contributed by atoms with Gasteiger partial charge in [0.15, 0.2) is 23.2 Å². The highest BCUT2D eigenvalue weighted by Crippen LogP contribution is 2.27. The lowest BCUT2D eigenvalue weighted by molar-refractivity contribution is 0.0941. The third-order valence-electron chi connectivity index (χ3n) is 4.79. The van der Waals surface area contributed by atoms with Gasteiger partial charge in [0.1, 0.15) is 5.82 Å². The first kappa shape index (κ1) is 21.1. The zero-order valence-electron chi connectivity index (χ0n) is 17.4. The first-order valence-corrected chi connectivity index (χ1v) is 9.47. The highest BCUT2D eigenvalue weighted by molar-refractivity contribution is 5.92. The Balaban J connectivity index is 1.58.